The molecule has 0 atom stereocenters. The maximum Gasteiger partial charge on any atom is 0.268 e. The van der Waals surface area contributed by atoms with Gasteiger partial charge in [0.05, 0.1) is 11.4 Å². The first-order chi connectivity index (χ1) is 8.72. The number of terminal acetylenes is 1. The van der Waals surface area contributed by atoms with E-state index in [2.05, 4.69) is 11.2 Å². The highest BCUT2D eigenvalue weighted by molar-refractivity contribution is 7.99. The Morgan fingerprint density at radius 2 is 2.44 bits per heavy atom. The quantitative estimate of drug-likeness (QED) is 0.604. The summed E-state index contributed by atoms with van der Waals surface area (Å²) in [6.07, 6.45) is 9.26. The summed E-state index contributed by atoms with van der Waals surface area (Å²) in [7, 11) is 0. The highest BCUT2D eigenvalue weighted by Crippen LogP contribution is 2.37. The lowest BCUT2D eigenvalue weighted by Crippen LogP contribution is -2.27. The number of carbonyl (C=O) groups excluding carboxylic acids is 1. The van der Waals surface area contributed by atoms with E-state index < -0.39 is 0 Å². The Kier molecular flexibility index (Phi) is 4.21. The molecule has 1 aromatic heterocycles. The number of hydrogen-bond donors (Lipinski definition) is 2. The van der Waals surface area contributed by atoms with Crippen molar-refractivity contribution in [3.05, 3.63) is 18.0 Å². The Bertz CT molecular complexity index is 471. The maximum absolute atomic E-state index is 12.0. The molecule has 4 nitrogen and oxygen atoms in total. The molecule has 1 aromatic rings. The summed E-state index contributed by atoms with van der Waals surface area (Å²) in [5, 5.41) is 2.89. The molecule has 1 amide bonds. The van der Waals surface area contributed by atoms with Crippen LogP contribution in [0.4, 0.5) is 5.69 Å². The van der Waals surface area contributed by atoms with Crippen LogP contribution in [-0.2, 0) is 0 Å². The van der Waals surface area contributed by atoms with E-state index in [-0.39, 0.29) is 5.91 Å². The van der Waals surface area contributed by atoms with Crippen molar-refractivity contribution in [3.63, 3.8) is 0 Å². The molecule has 0 spiro atoms. The topological polar surface area (TPSA) is 60.1 Å². The summed E-state index contributed by atoms with van der Waals surface area (Å²) in [5.74, 6) is 4.01. The first-order valence-electron chi connectivity index (χ1n) is 5.99. The van der Waals surface area contributed by atoms with Crippen LogP contribution in [0.2, 0.25) is 0 Å². The Morgan fingerprint density at radius 1 is 1.67 bits per heavy atom. The van der Waals surface area contributed by atoms with Gasteiger partial charge in [-0.2, -0.15) is 0 Å². The predicted molar refractivity (Wildman–Crippen MR) is 75.6 cm³/mol. The molecule has 1 fully saturated rings. The average Bonchev–Trinajstić information content (AvgIpc) is 3.12. The number of rotatable bonds is 6. The van der Waals surface area contributed by atoms with E-state index in [9.17, 15) is 4.79 Å². The minimum atomic E-state index is -0.0556. The molecular weight excluding hydrogens is 246 g/mol. The van der Waals surface area contributed by atoms with Crippen LogP contribution in [0.15, 0.2) is 12.3 Å². The van der Waals surface area contributed by atoms with Gasteiger partial charge >= 0.3 is 0 Å². The predicted octanol–water partition coefficient (Wildman–Crippen LogP) is 1.50. The van der Waals surface area contributed by atoms with Gasteiger partial charge in [-0.25, -0.2) is 0 Å². The number of anilines is 1. The van der Waals surface area contributed by atoms with Gasteiger partial charge in [0.15, 0.2) is 0 Å². The van der Waals surface area contributed by atoms with Crippen LogP contribution in [-0.4, -0.2) is 28.5 Å². The average molecular weight is 263 g/mol. The van der Waals surface area contributed by atoms with Crippen LogP contribution in [0.25, 0.3) is 0 Å². The maximum atomic E-state index is 12.0. The summed E-state index contributed by atoms with van der Waals surface area (Å²) >= 11 is 1.64. The van der Waals surface area contributed by atoms with Crippen LogP contribution in [0.3, 0.4) is 0 Å². The van der Waals surface area contributed by atoms with Crippen LogP contribution >= 0.6 is 11.8 Å². The van der Waals surface area contributed by atoms with Gasteiger partial charge in [0.1, 0.15) is 5.69 Å². The van der Waals surface area contributed by atoms with E-state index in [1.807, 2.05) is 10.8 Å². The first-order valence-corrected chi connectivity index (χ1v) is 7.14. The van der Waals surface area contributed by atoms with E-state index in [0.29, 0.717) is 29.7 Å². The lowest BCUT2D eigenvalue weighted by atomic mass is 10.3. The fraction of sp³-hybridized carbons (Fsp3) is 0.462. The Labute approximate surface area is 111 Å². The zero-order chi connectivity index (χ0) is 13.0. The molecule has 0 saturated heterocycles. The number of nitrogens with two attached hydrogens (primary N) is 1. The zero-order valence-electron chi connectivity index (χ0n) is 10.2. The number of thioether (sulfide) groups is 1. The van der Waals surface area contributed by atoms with Crippen molar-refractivity contribution >= 4 is 23.4 Å². The Hall–Kier alpha value is -1.54. The molecule has 2 rings (SSSR count). The normalized spacial score (nSPS) is 14.2. The number of nitrogen functional groups attached to an aromatic ring is 1. The summed E-state index contributed by atoms with van der Waals surface area (Å²) in [5.41, 5.74) is 7.06. The minimum absolute atomic E-state index is 0.0556. The summed E-state index contributed by atoms with van der Waals surface area (Å²) in [6.45, 7) is 0.626. The summed E-state index contributed by atoms with van der Waals surface area (Å²) < 4.78 is 1.99. The van der Waals surface area contributed by atoms with Crippen molar-refractivity contribution in [2.24, 2.45) is 0 Å². The van der Waals surface area contributed by atoms with E-state index >= 15 is 0 Å². The van der Waals surface area contributed by atoms with Gasteiger partial charge in [-0.15, -0.1) is 18.2 Å². The van der Waals surface area contributed by atoms with Crippen molar-refractivity contribution < 1.29 is 4.79 Å². The van der Waals surface area contributed by atoms with Crippen LogP contribution < -0.4 is 11.1 Å². The first kappa shape index (κ1) is 12.9. The molecule has 0 aromatic carbocycles. The van der Waals surface area contributed by atoms with Gasteiger partial charge in [-0.3, -0.25) is 4.79 Å². The number of nitrogens with zero attached hydrogens (tertiary/aromatic N) is 1. The van der Waals surface area contributed by atoms with Gasteiger partial charge in [-0.1, -0.05) is 5.92 Å². The Balaban J connectivity index is 1.86. The lowest BCUT2D eigenvalue weighted by molar-refractivity contribution is 0.0946. The van der Waals surface area contributed by atoms with E-state index in [0.717, 1.165) is 18.6 Å². The molecule has 18 heavy (non-hydrogen) atoms. The molecule has 1 aliphatic carbocycles. The molecule has 96 valence electrons. The van der Waals surface area contributed by atoms with Crippen molar-refractivity contribution in [2.75, 3.05) is 23.8 Å². The molecule has 0 bridgehead atoms. The van der Waals surface area contributed by atoms with Gasteiger partial charge in [0, 0.05) is 24.5 Å². The number of amides is 1. The summed E-state index contributed by atoms with van der Waals surface area (Å²) in [4.78, 5) is 12.0. The van der Waals surface area contributed by atoms with Crippen molar-refractivity contribution in [3.8, 4) is 12.3 Å². The molecule has 1 saturated carbocycles. The van der Waals surface area contributed by atoms with Gasteiger partial charge in [-0.05, 0) is 18.9 Å². The standard InChI is InChI=1S/C13H17N3OS/c1-2-6-18-7-5-15-13(17)12-8-10(14)9-16(12)11-3-4-11/h1,8-9,11H,3-7,14H2,(H,15,17). The third-order valence-electron chi connectivity index (χ3n) is 2.76. The smallest absolute Gasteiger partial charge is 0.268 e. The highest BCUT2D eigenvalue weighted by Gasteiger charge is 2.27. The molecule has 1 heterocycles. The molecular formula is C13H17N3OS. The van der Waals surface area contributed by atoms with E-state index in [4.69, 9.17) is 12.2 Å². The van der Waals surface area contributed by atoms with Gasteiger partial charge in [0.25, 0.3) is 5.91 Å². The SMILES string of the molecule is C#CCSCCNC(=O)c1cc(N)cn1C1CC1. The van der Waals surface area contributed by atoms with Crippen LogP contribution in [0.1, 0.15) is 29.4 Å². The van der Waals surface area contributed by atoms with Crippen molar-refractivity contribution in [1.29, 1.82) is 0 Å². The van der Waals surface area contributed by atoms with Crippen LogP contribution in [0.5, 0.6) is 0 Å². The van der Waals surface area contributed by atoms with Crippen LogP contribution in [0, 0.1) is 12.3 Å². The number of aromatic nitrogens is 1. The third kappa shape index (κ3) is 3.23. The van der Waals surface area contributed by atoms with E-state index in [1.54, 1.807) is 17.8 Å². The molecule has 5 heteroatoms. The summed E-state index contributed by atoms with van der Waals surface area (Å²) in [6, 6.07) is 2.20. The highest BCUT2D eigenvalue weighted by atomic mass is 32.2. The second-order valence-corrected chi connectivity index (χ2v) is 5.41. The second-order valence-electron chi connectivity index (χ2n) is 4.31. The second kappa shape index (κ2) is 5.87. The fourth-order valence-corrected chi connectivity index (χ4v) is 2.30. The molecule has 0 aliphatic heterocycles. The third-order valence-corrected chi connectivity index (χ3v) is 3.62. The fourth-order valence-electron chi connectivity index (χ4n) is 1.80. The van der Waals surface area contributed by atoms with Gasteiger partial charge in [0.2, 0.25) is 0 Å². The van der Waals surface area contributed by atoms with Crippen molar-refractivity contribution in [2.45, 2.75) is 18.9 Å². The minimum Gasteiger partial charge on any atom is -0.397 e. The number of nitrogens with one attached hydrogen (secondary N) is 1. The Morgan fingerprint density at radius 3 is 3.11 bits per heavy atom. The molecule has 1 aliphatic rings. The lowest BCUT2D eigenvalue weighted by Gasteiger charge is -2.08. The number of carbonyl (C=O) groups is 1. The largest absolute Gasteiger partial charge is 0.397 e. The molecule has 0 unspecified atom stereocenters. The van der Waals surface area contributed by atoms with E-state index in [1.165, 1.54) is 0 Å². The number of hydrogen-bond acceptors (Lipinski definition) is 3. The molecule has 3 N–H and O–H groups in total. The zero-order valence-corrected chi connectivity index (χ0v) is 11.0. The van der Waals surface area contributed by atoms with Crippen molar-refractivity contribution in [1.82, 2.24) is 9.88 Å². The monoisotopic (exact) mass is 263 g/mol. The van der Waals surface area contributed by atoms with Gasteiger partial charge < -0.3 is 15.6 Å². The molecule has 0 radical (unpaired) electrons.